The van der Waals surface area contributed by atoms with Gasteiger partial charge in [0.25, 0.3) is 0 Å². The van der Waals surface area contributed by atoms with Gasteiger partial charge in [-0.3, -0.25) is 0 Å². The zero-order chi connectivity index (χ0) is 18.8. The number of carbonyl (C=O) groups excluding carboxylic acids is 1. The van der Waals surface area contributed by atoms with E-state index in [1.54, 1.807) is 6.08 Å². The Morgan fingerprint density at radius 3 is 2.72 bits per heavy atom. The van der Waals surface area contributed by atoms with Gasteiger partial charge in [-0.25, -0.2) is 4.79 Å². The van der Waals surface area contributed by atoms with Crippen LogP contribution in [0.1, 0.15) is 59.8 Å². The first-order valence-corrected chi connectivity index (χ1v) is 9.43. The molecule has 5 atom stereocenters. The monoisotopic (exact) mass is 350 g/mol. The lowest BCUT2D eigenvalue weighted by molar-refractivity contribution is -0.134. The van der Waals surface area contributed by atoms with Gasteiger partial charge in [0.1, 0.15) is 0 Å². The highest BCUT2D eigenvalue weighted by Gasteiger charge is 2.57. The maximum absolute atomic E-state index is 11.5. The van der Waals surface area contributed by atoms with Crippen LogP contribution in [0, 0.1) is 22.7 Å². The number of allylic oxidation sites excluding steroid dienone is 2. The van der Waals surface area contributed by atoms with Gasteiger partial charge >= 0.3 is 5.97 Å². The largest absolute Gasteiger partial charge is 0.466 e. The fraction of sp³-hybridized carbons (Fsp3) is 0.762. The Morgan fingerprint density at radius 2 is 2.12 bits per heavy atom. The van der Waals surface area contributed by atoms with E-state index in [0.717, 1.165) is 43.3 Å². The molecule has 0 heterocycles. The fourth-order valence-corrected chi connectivity index (χ4v) is 5.28. The Morgan fingerprint density at radius 1 is 1.44 bits per heavy atom. The van der Waals surface area contributed by atoms with E-state index >= 15 is 0 Å². The minimum Gasteiger partial charge on any atom is -0.466 e. The molecule has 0 amide bonds. The van der Waals surface area contributed by atoms with E-state index in [0.29, 0.717) is 11.8 Å². The Hall–Kier alpha value is -1.13. The number of esters is 1. The molecule has 0 saturated heterocycles. The summed E-state index contributed by atoms with van der Waals surface area (Å²) in [6, 6.07) is 0. The lowest BCUT2D eigenvalue weighted by Gasteiger charge is -2.60. The Bertz CT molecular complexity index is 564. The third-order valence-electron chi connectivity index (χ3n) is 7.25. The van der Waals surface area contributed by atoms with Crippen LogP contribution in [0.25, 0.3) is 0 Å². The molecular formula is C21H34O4. The fourth-order valence-electron chi connectivity index (χ4n) is 5.28. The predicted octanol–water partition coefficient (Wildman–Crippen LogP) is 3.63. The van der Waals surface area contributed by atoms with Crippen molar-refractivity contribution in [2.75, 3.05) is 13.7 Å². The lowest BCUT2D eigenvalue weighted by atomic mass is 9.46. The third-order valence-corrected chi connectivity index (χ3v) is 7.25. The maximum atomic E-state index is 11.5. The van der Waals surface area contributed by atoms with Gasteiger partial charge < -0.3 is 14.9 Å². The number of fused-ring (bicyclic) bond motifs is 1. The molecule has 4 nitrogen and oxygen atoms in total. The molecule has 0 aromatic carbocycles. The summed E-state index contributed by atoms with van der Waals surface area (Å²) >= 11 is 0. The summed E-state index contributed by atoms with van der Waals surface area (Å²) in [6.07, 6.45) is 7.85. The Kier molecular flexibility index (Phi) is 6.16. The van der Waals surface area contributed by atoms with E-state index in [9.17, 15) is 15.0 Å². The molecule has 5 unspecified atom stereocenters. The highest BCUT2D eigenvalue weighted by Crippen LogP contribution is 2.61. The number of hydrogen-bond acceptors (Lipinski definition) is 4. The van der Waals surface area contributed by atoms with Crippen LogP contribution in [0.2, 0.25) is 0 Å². The van der Waals surface area contributed by atoms with Crippen molar-refractivity contribution in [1.29, 1.82) is 0 Å². The van der Waals surface area contributed by atoms with Gasteiger partial charge in [0.15, 0.2) is 0 Å². The van der Waals surface area contributed by atoms with Gasteiger partial charge in [-0.1, -0.05) is 32.4 Å². The van der Waals surface area contributed by atoms with Gasteiger partial charge in [0, 0.05) is 11.5 Å². The molecular weight excluding hydrogens is 316 g/mol. The SMILES string of the molecule is COC(=O)C=C(C)CCC1(C)C(C)CC(O)C2(C)C(CO)=CCCC12. The highest BCUT2D eigenvalue weighted by molar-refractivity contribution is 5.82. The van der Waals surface area contributed by atoms with Crippen molar-refractivity contribution >= 4 is 5.97 Å². The molecule has 0 aromatic rings. The van der Waals surface area contributed by atoms with Gasteiger partial charge in [-0.15, -0.1) is 0 Å². The second kappa shape index (κ2) is 7.63. The first-order valence-electron chi connectivity index (χ1n) is 9.43. The molecule has 1 fully saturated rings. The summed E-state index contributed by atoms with van der Waals surface area (Å²) in [5.74, 6) is 0.421. The van der Waals surface area contributed by atoms with Crippen molar-refractivity contribution in [2.24, 2.45) is 22.7 Å². The van der Waals surface area contributed by atoms with Crippen molar-refractivity contribution in [3.8, 4) is 0 Å². The first kappa shape index (κ1) is 20.2. The van der Waals surface area contributed by atoms with Crippen LogP contribution < -0.4 is 0 Å². The van der Waals surface area contributed by atoms with Crippen molar-refractivity contribution in [2.45, 2.75) is 65.9 Å². The Labute approximate surface area is 152 Å². The summed E-state index contributed by atoms with van der Waals surface area (Å²) in [5, 5.41) is 20.7. The van der Waals surface area contributed by atoms with Crippen molar-refractivity contribution in [3.63, 3.8) is 0 Å². The molecule has 0 spiro atoms. The molecule has 25 heavy (non-hydrogen) atoms. The molecule has 1 saturated carbocycles. The lowest BCUT2D eigenvalue weighted by Crippen LogP contribution is -2.57. The number of methoxy groups -OCH3 is 1. The summed E-state index contributed by atoms with van der Waals surface area (Å²) in [6.45, 7) is 8.69. The summed E-state index contributed by atoms with van der Waals surface area (Å²) in [5.41, 5.74) is 1.74. The van der Waals surface area contributed by atoms with E-state index in [1.807, 2.05) is 6.92 Å². The molecule has 0 bridgehead atoms. The third kappa shape index (κ3) is 3.56. The second-order valence-electron chi connectivity index (χ2n) is 8.47. The molecule has 4 heteroatoms. The highest BCUT2D eigenvalue weighted by atomic mass is 16.5. The number of ether oxygens (including phenoxy) is 1. The van der Waals surface area contributed by atoms with Crippen LogP contribution in [0.15, 0.2) is 23.3 Å². The van der Waals surface area contributed by atoms with Crippen molar-refractivity contribution < 1.29 is 19.7 Å². The summed E-state index contributed by atoms with van der Waals surface area (Å²) in [4.78, 5) is 11.5. The van der Waals surface area contributed by atoms with E-state index in [1.165, 1.54) is 7.11 Å². The van der Waals surface area contributed by atoms with Crippen molar-refractivity contribution in [1.82, 2.24) is 0 Å². The van der Waals surface area contributed by atoms with Crippen LogP contribution in [-0.4, -0.2) is 36.0 Å². The average Bonchev–Trinajstić information content (AvgIpc) is 2.58. The van der Waals surface area contributed by atoms with Gasteiger partial charge in [-0.05, 0) is 61.9 Å². The normalized spacial score (nSPS) is 38.8. The maximum Gasteiger partial charge on any atom is 0.330 e. The zero-order valence-electron chi connectivity index (χ0n) is 16.3. The zero-order valence-corrected chi connectivity index (χ0v) is 16.3. The van der Waals surface area contributed by atoms with Crippen LogP contribution in [-0.2, 0) is 9.53 Å². The predicted molar refractivity (Wildman–Crippen MR) is 98.9 cm³/mol. The van der Waals surface area contributed by atoms with Crippen LogP contribution >= 0.6 is 0 Å². The topological polar surface area (TPSA) is 66.8 Å². The number of aliphatic hydroxyl groups is 2. The smallest absolute Gasteiger partial charge is 0.330 e. The van der Waals surface area contributed by atoms with Crippen LogP contribution in [0.5, 0.6) is 0 Å². The van der Waals surface area contributed by atoms with Crippen LogP contribution in [0.3, 0.4) is 0 Å². The number of carbonyl (C=O) groups is 1. The van der Waals surface area contributed by atoms with E-state index in [2.05, 4.69) is 26.8 Å². The molecule has 2 aliphatic carbocycles. The van der Waals surface area contributed by atoms with Gasteiger partial charge in [0.2, 0.25) is 0 Å². The van der Waals surface area contributed by atoms with E-state index in [4.69, 9.17) is 4.74 Å². The average molecular weight is 350 g/mol. The molecule has 2 rings (SSSR count). The molecule has 2 N–H and O–H groups in total. The van der Waals surface area contributed by atoms with E-state index < -0.39 is 6.10 Å². The van der Waals surface area contributed by atoms with Crippen molar-refractivity contribution in [3.05, 3.63) is 23.3 Å². The summed E-state index contributed by atoms with van der Waals surface area (Å²) in [7, 11) is 1.40. The summed E-state index contributed by atoms with van der Waals surface area (Å²) < 4.78 is 4.72. The quantitative estimate of drug-likeness (QED) is 0.451. The number of rotatable bonds is 5. The second-order valence-corrected chi connectivity index (χ2v) is 8.47. The molecule has 142 valence electrons. The number of hydrogen-bond donors (Lipinski definition) is 2. The van der Waals surface area contributed by atoms with Gasteiger partial charge in [0.05, 0.1) is 19.8 Å². The molecule has 2 aliphatic rings. The standard InChI is InChI=1S/C21H34O4/c1-14(11-19(24)25-5)9-10-20(3)15(2)12-18(23)21(4)16(13-22)7-6-8-17(20)21/h7,11,15,17-18,22-23H,6,8-10,12-13H2,1-5H3. The van der Waals surface area contributed by atoms with Gasteiger partial charge in [-0.2, -0.15) is 0 Å². The minimum atomic E-state index is -0.411. The Balaban J connectivity index is 2.28. The number of aliphatic hydroxyl groups excluding tert-OH is 2. The van der Waals surface area contributed by atoms with E-state index in [-0.39, 0.29) is 23.4 Å². The minimum absolute atomic E-state index is 0.0236. The molecule has 0 aliphatic heterocycles. The first-order chi connectivity index (χ1) is 11.7. The molecule has 0 aromatic heterocycles. The molecule has 0 radical (unpaired) electrons. The van der Waals surface area contributed by atoms with Crippen LogP contribution in [0.4, 0.5) is 0 Å².